The standard InChI is InChI=1S/C36H36FN7O5/c37-23-17-26-32(36(49)44(35(26)48)28-11-12-31(46)40-34(28)47)29(18-23)43-14-13-39-19-24(43)15-21-7-5-20(6-8-21)9-10-22-16-27(41-42-33(22)38)25-3-1-2-4-30(25)45/h1-4,16-18,20-21,24,28,39,45H,5-8,11-15,19H2,(H2,38,42)(H,40,46,47). The predicted molar refractivity (Wildman–Crippen MR) is 178 cm³/mol. The van der Waals surface area contributed by atoms with Gasteiger partial charge in [0.15, 0.2) is 5.82 Å². The molecule has 3 aliphatic heterocycles. The lowest BCUT2D eigenvalue weighted by atomic mass is 9.79. The van der Waals surface area contributed by atoms with E-state index in [-0.39, 0.29) is 47.5 Å². The summed E-state index contributed by atoms with van der Waals surface area (Å²) in [5, 5.41) is 24.0. The molecule has 12 nitrogen and oxygen atoms in total. The molecule has 2 unspecified atom stereocenters. The molecule has 1 aliphatic carbocycles. The first-order valence-electron chi connectivity index (χ1n) is 16.6. The predicted octanol–water partition coefficient (Wildman–Crippen LogP) is 3.00. The Morgan fingerprint density at radius 2 is 1.78 bits per heavy atom. The number of phenolic OH excluding ortho intramolecular Hbond substituents is 1. The lowest BCUT2D eigenvalue weighted by molar-refractivity contribution is -0.136. The molecule has 4 heterocycles. The molecule has 2 aromatic carbocycles. The first-order chi connectivity index (χ1) is 23.7. The third-order valence-corrected chi connectivity index (χ3v) is 10.0. The molecule has 3 fully saturated rings. The van der Waals surface area contributed by atoms with Crippen LogP contribution in [0, 0.1) is 29.5 Å². The molecule has 4 aliphatic rings. The number of phenols is 1. The van der Waals surface area contributed by atoms with Crippen molar-refractivity contribution in [3.8, 4) is 28.8 Å². The fourth-order valence-electron chi connectivity index (χ4n) is 7.49. The van der Waals surface area contributed by atoms with Gasteiger partial charge in [0, 0.05) is 43.6 Å². The van der Waals surface area contributed by atoms with Gasteiger partial charge in [-0.3, -0.25) is 29.4 Å². The Bertz CT molecular complexity index is 1910. The van der Waals surface area contributed by atoms with Crippen LogP contribution >= 0.6 is 0 Å². The third kappa shape index (κ3) is 6.31. The number of piperazine rings is 1. The largest absolute Gasteiger partial charge is 0.507 e. The second-order valence-electron chi connectivity index (χ2n) is 13.1. The number of fused-ring (bicyclic) bond motifs is 1. The van der Waals surface area contributed by atoms with Crippen LogP contribution in [0.1, 0.15) is 71.2 Å². The first kappa shape index (κ1) is 32.2. The van der Waals surface area contributed by atoms with E-state index < -0.39 is 35.5 Å². The van der Waals surface area contributed by atoms with Gasteiger partial charge >= 0.3 is 0 Å². The van der Waals surface area contributed by atoms with Gasteiger partial charge in [-0.05, 0) is 74.8 Å². The number of hydrogen-bond acceptors (Lipinski definition) is 10. The Labute approximate surface area is 282 Å². The molecule has 3 aromatic rings. The van der Waals surface area contributed by atoms with Gasteiger partial charge in [-0.25, -0.2) is 4.39 Å². The van der Waals surface area contributed by atoms with Crippen molar-refractivity contribution in [2.75, 3.05) is 30.3 Å². The summed E-state index contributed by atoms with van der Waals surface area (Å²) in [6, 6.07) is 9.83. The van der Waals surface area contributed by atoms with Gasteiger partial charge in [0.25, 0.3) is 11.8 Å². The molecular formula is C36H36FN7O5. The zero-order valence-electron chi connectivity index (χ0n) is 26.7. The lowest BCUT2D eigenvalue weighted by Gasteiger charge is -2.41. The minimum atomic E-state index is -1.12. The zero-order valence-corrected chi connectivity index (χ0v) is 26.7. The molecule has 7 rings (SSSR count). The average Bonchev–Trinajstić information content (AvgIpc) is 3.34. The number of halogens is 1. The molecule has 0 spiro atoms. The fraction of sp³-hybridized carbons (Fsp3) is 0.389. The van der Waals surface area contributed by atoms with Crippen LogP contribution in [0.25, 0.3) is 11.3 Å². The number of aromatic nitrogens is 2. The second-order valence-corrected chi connectivity index (χ2v) is 13.1. The number of hydrogen-bond donors (Lipinski definition) is 4. The fourth-order valence-corrected chi connectivity index (χ4v) is 7.49. The number of nitrogens with zero attached hydrogens (tertiary/aromatic N) is 4. The maximum Gasteiger partial charge on any atom is 0.264 e. The molecular weight excluding hydrogens is 629 g/mol. The van der Waals surface area contributed by atoms with Crippen molar-refractivity contribution >= 4 is 35.1 Å². The van der Waals surface area contributed by atoms with Crippen molar-refractivity contribution in [2.45, 2.75) is 57.0 Å². The normalized spacial score (nSPS) is 23.9. The van der Waals surface area contributed by atoms with Gasteiger partial charge in [0.2, 0.25) is 11.8 Å². The SMILES string of the molecule is Nc1nnc(-c2ccccc2O)cc1C#CC1CCC(CC2CNCCN2c2cc(F)cc3c2C(=O)N(C2CCC(=O)NC2=O)C3=O)CC1. The number of nitrogens with two attached hydrogens (primary N) is 1. The topological polar surface area (TPSA) is 171 Å². The summed E-state index contributed by atoms with van der Waals surface area (Å²) in [4.78, 5) is 54.4. The lowest BCUT2D eigenvalue weighted by Crippen LogP contribution is -2.54. The number of nitrogens with one attached hydrogen (secondary N) is 2. The molecule has 1 saturated carbocycles. The molecule has 2 atom stereocenters. The summed E-state index contributed by atoms with van der Waals surface area (Å²) >= 11 is 0. The molecule has 4 amide bonds. The van der Waals surface area contributed by atoms with E-state index in [4.69, 9.17) is 5.73 Å². The molecule has 2 saturated heterocycles. The van der Waals surface area contributed by atoms with E-state index in [1.165, 1.54) is 6.07 Å². The maximum absolute atomic E-state index is 15.1. The Hall–Kier alpha value is -5.35. The highest BCUT2D eigenvalue weighted by molar-refractivity contribution is 6.25. The molecule has 13 heteroatoms. The van der Waals surface area contributed by atoms with Gasteiger partial charge < -0.3 is 21.1 Å². The van der Waals surface area contributed by atoms with Crippen LogP contribution in [0.5, 0.6) is 5.75 Å². The van der Waals surface area contributed by atoms with Gasteiger partial charge in [-0.15, -0.1) is 10.2 Å². The number of aromatic hydroxyl groups is 1. The highest BCUT2D eigenvalue weighted by Crippen LogP contribution is 2.39. The van der Waals surface area contributed by atoms with Crippen LogP contribution in [0.15, 0.2) is 42.5 Å². The van der Waals surface area contributed by atoms with Crippen LogP contribution in [0.3, 0.4) is 0 Å². The summed E-state index contributed by atoms with van der Waals surface area (Å²) < 4.78 is 15.1. The van der Waals surface area contributed by atoms with Crippen LogP contribution in [0.4, 0.5) is 15.9 Å². The van der Waals surface area contributed by atoms with Crippen molar-refractivity contribution < 1.29 is 28.7 Å². The van der Waals surface area contributed by atoms with E-state index >= 15 is 4.39 Å². The van der Waals surface area contributed by atoms with Gasteiger partial charge in [0.1, 0.15) is 17.6 Å². The highest BCUT2D eigenvalue weighted by atomic mass is 19.1. The number of benzene rings is 2. The first-order valence-corrected chi connectivity index (χ1v) is 16.6. The summed E-state index contributed by atoms with van der Waals surface area (Å²) in [6.45, 7) is 1.78. The van der Waals surface area contributed by atoms with Crippen LogP contribution < -0.4 is 21.3 Å². The van der Waals surface area contributed by atoms with Crippen molar-refractivity contribution in [1.29, 1.82) is 0 Å². The molecule has 1 aromatic heterocycles. The van der Waals surface area contributed by atoms with Gasteiger partial charge in [0.05, 0.1) is 28.1 Å². The van der Waals surface area contributed by atoms with E-state index in [1.807, 2.05) is 11.0 Å². The number of nitrogen functional groups attached to an aromatic ring is 1. The number of anilines is 2. The van der Waals surface area contributed by atoms with Crippen molar-refractivity contribution in [2.24, 2.45) is 11.8 Å². The van der Waals surface area contributed by atoms with E-state index in [0.29, 0.717) is 48.1 Å². The number of rotatable bonds is 5. The summed E-state index contributed by atoms with van der Waals surface area (Å²) in [5.41, 5.74) is 8.10. The number of carbonyl (C=O) groups excluding carboxylic acids is 4. The smallest absolute Gasteiger partial charge is 0.264 e. The summed E-state index contributed by atoms with van der Waals surface area (Å²) in [7, 11) is 0. The monoisotopic (exact) mass is 665 g/mol. The molecule has 5 N–H and O–H groups in total. The van der Waals surface area contributed by atoms with E-state index in [0.717, 1.165) is 43.1 Å². The van der Waals surface area contributed by atoms with Crippen molar-refractivity contribution in [3.05, 3.63) is 65.0 Å². The zero-order chi connectivity index (χ0) is 34.2. The summed E-state index contributed by atoms with van der Waals surface area (Å²) in [6.07, 6.45) is 4.52. The Morgan fingerprint density at radius 1 is 0.980 bits per heavy atom. The summed E-state index contributed by atoms with van der Waals surface area (Å²) in [5.74, 6) is 4.29. The molecule has 0 bridgehead atoms. The molecule has 0 radical (unpaired) electrons. The van der Waals surface area contributed by atoms with Crippen LogP contribution in [-0.4, -0.2) is 75.6 Å². The average molecular weight is 666 g/mol. The van der Waals surface area contributed by atoms with E-state index in [9.17, 15) is 24.3 Å². The number of carbonyl (C=O) groups is 4. The quantitative estimate of drug-likeness (QED) is 0.235. The Morgan fingerprint density at radius 3 is 2.55 bits per heavy atom. The van der Waals surface area contributed by atoms with Crippen LogP contribution in [0.2, 0.25) is 0 Å². The van der Waals surface area contributed by atoms with Gasteiger partial charge in [-0.2, -0.15) is 0 Å². The Kier molecular flexibility index (Phi) is 8.73. The van der Waals surface area contributed by atoms with E-state index in [1.54, 1.807) is 24.3 Å². The maximum atomic E-state index is 15.1. The number of amides is 4. The minimum Gasteiger partial charge on any atom is -0.507 e. The van der Waals surface area contributed by atoms with E-state index in [2.05, 4.69) is 32.7 Å². The minimum absolute atomic E-state index is 0.00824. The number of para-hydroxylation sites is 1. The Balaban J connectivity index is 1.04. The van der Waals surface area contributed by atoms with Crippen molar-refractivity contribution in [3.63, 3.8) is 0 Å². The third-order valence-electron chi connectivity index (χ3n) is 10.0. The molecule has 252 valence electrons. The highest BCUT2D eigenvalue weighted by Gasteiger charge is 2.47. The second kappa shape index (κ2) is 13.3. The van der Waals surface area contributed by atoms with Crippen LogP contribution in [-0.2, 0) is 9.59 Å². The van der Waals surface area contributed by atoms with Gasteiger partial charge in [-0.1, -0.05) is 24.0 Å². The molecule has 49 heavy (non-hydrogen) atoms. The van der Waals surface area contributed by atoms with Crippen molar-refractivity contribution in [1.82, 2.24) is 25.7 Å². The number of imide groups is 2. The number of piperidine rings is 1.